The molecular weight excluding hydrogens is 311 g/mol. The summed E-state index contributed by atoms with van der Waals surface area (Å²) >= 11 is 0. The Kier molecular flexibility index (Phi) is 4.30. The molecule has 4 rings (SSSR count). The molecular formula is C17H25FN4O2. The number of halogens is 1. The van der Waals surface area contributed by atoms with Crippen LogP contribution in [-0.4, -0.2) is 70.3 Å². The van der Waals surface area contributed by atoms with Gasteiger partial charge in [0.1, 0.15) is 5.82 Å². The van der Waals surface area contributed by atoms with Crippen LogP contribution in [0.2, 0.25) is 0 Å². The first kappa shape index (κ1) is 16.0. The lowest BCUT2D eigenvalue weighted by Gasteiger charge is -2.38. The molecule has 1 atom stereocenters. The molecule has 7 heteroatoms. The lowest BCUT2D eigenvalue weighted by molar-refractivity contribution is -0.151. The average Bonchev–Trinajstić information content (AvgIpc) is 2.92. The third-order valence-corrected chi connectivity index (χ3v) is 5.50. The Hall–Kier alpha value is -1.47. The zero-order chi connectivity index (χ0) is 16.6. The van der Waals surface area contributed by atoms with Crippen LogP contribution in [0, 0.1) is 5.92 Å². The maximum Gasteiger partial charge on any atom is 0.260 e. The van der Waals surface area contributed by atoms with Crippen molar-refractivity contribution in [2.24, 2.45) is 5.92 Å². The highest BCUT2D eigenvalue weighted by Crippen LogP contribution is 2.38. The summed E-state index contributed by atoms with van der Waals surface area (Å²) in [6.07, 6.45) is 5.27. The molecule has 2 fully saturated rings. The van der Waals surface area contributed by atoms with E-state index in [1.54, 1.807) is 11.1 Å². The van der Waals surface area contributed by atoms with E-state index in [1.807, 2.05) is 6.20 Å². The minimum Gasteiger partial charge on any atom is -0.379 e. The number of amides is 1. The van der Waals surface area contributed by atoms with E-state index in [1.165, 1.54) is 0 Å². The molecule has 1 aromatic rings. The lowest BCUT2D eigenvalue weighted by atomic mass is 9.81. The van der Waals surface area contributed by atoms with E-state index >= 15 is 0 Å². The minimum atomic E-state index is -1.63. The molecule has 0 aromatic carbocycles. The Morgan fingerprint density at radius 3 is 2.83 bits per heavy atom. The summed E-state index contributed by atoms with van der Waals surface area (Å²) in [5, 5.41) is 0. The Labute approximate surface area is 141 Å². The molecule has 3 heterocycles. The normalized spacial score (nSPS) is 27.2. The van der Waals surface area contributed by atoms with Gasteiger partial charge in [0.25, 0.3) is 5.91 Å². The van der Waals surface area contributed by atoms with E-state index in [0.717, 1.165) is 51.6 Å². The molecule has 6 nitrogen and oxygen atoms in total. The van der Waals surface area contributed by atoms with Crippen molar-refractivity contribution in [1.29, 1.82) is 0 Å². The molecule has 3 aliphatic rings. The fourth-order valence-corrected chi connectivity index (χ4v) is 3.94. The lowest BCUT2D eigenvalue weighted by Crippen LogP contribution is -2.51. The van der Waals surface area contributed by atoms with E-state index < -0.39 is 5.67 Å². The predicted octanol–water partition coefficient (Wildman–Crippen LogP) is 1.07. The second kappa shape index (κ2) is 6.44. The van der Waals surface area contributed by atoms with Crippen LogP contribution in [0.1, 0.15) is 25.1 Å². The van der Waals surface area contributed by atoms with Crippen molar-refractivity contribution >= 4 is 5.91 Å². The second-order valence-electron chi connectivity index (χ2n) is 7.28. The maximum absolute atomic E-state index is 14.7. The maximum atomic E-state index is 14.7. The number of imidazole rings is 1. The van der Waals surface area contributed by atoms with Crippen molar-refractivity contribution < 1.29 is 13.9 Å². The summed E-state index contributed by atoms with van der Waals surface area (Å²) in [6.45, 7) is 6.13. The number of carbonyl (C=O) groups excluding carboxylic acids is 1. The molecule has 0 N–H and O–H groups in total. The smallest absolute Gasteiger partial charge is 0.260 e. The number of carbonyl (C=O) groups is 1. The zero-order valence-corrected chi connectivity index (χ0v) is 14.0. The third-order valence-electron chi connectivity index (χ3n) is 5.50. The summed E-state index contributed by atoms with van der Waals surface area (Å²) in [5.41, 5.74) is -1.63. The van der Waals surface area contributed by atoms with E-state index in [9.17, 15) is 9.18 Å². The van der Waals surface area contributed by atoms with Gasteiger partial charge in [-0.15, -0.1) is 0 Å². The standard InChI is InChI=1S/C17H25FN4O2/c18-17(2-1-3-17)16(23)22-12-14(10-20-6-8-24-9-7-20)11-21-5-4-19-15(21)13-22/h4-5,14H,1-3,6-13H2. The van der Waals surface area contributed by atoms with Crippen molar-refractivity contribution in [3.63, 3.8) is 0 Å². The second-order valence-corrected chi connectivity index (χ2v) is 7.28. The fraction of sp³-hybridized carbons (Fsp3) is 0.765. The minimum absolute atomic E-state index is 0.283. The van der Waals surface area contributed by atoms with Crippen molar-refractivity contribution in [1.82, 2.24) is 19.4 Å². The predicted molar refractivity (Wildman–Crippen MR) is 86.1 cm³/mol. The number of nitrogens with zero attached hydrogens (tertiary/aromatic N) is 4. The van der Waals surface area contributed by atoms with Crippen LogP contribution in [0.5, 0.6) is 0 Å². The van der Waals surface area contributed by atoms with Gasteiger partial charge in [0, 0.05) is 51.0 Å². The van der Waals surface area contributed by atoms with Gasteiger partial charge in [0.2, 0.25) is 0 Å². The molecule has 24 heavy (non-hydrogen) atoms. The molecule has 2 aliphatic heterocycles. The molecule has 132 valence electrons. The Balaban J connectivity index is 1.50. The number of aromatic nitrogens is 2. The van der Waals surface area contributed by atoms with Gasteiger partial charge in [-0.25, -0.2) is 9.37 Å². The van der Waals surface area contributed by atoms with Crippen LogP contribution in [0.4, 0.5) is 4.39 Å². The first-order valence-corrected chi connectivity index (χ1v) is 8.92. The molecule has 0 spiro atoms. The number of ether oxygens (including phenoxy) is 1. The molecule has 0 bridgehead atoms. The van der Waals surface area contributed by atoms with Gasteiger partial charge >= 0.3 is 0 Å². The van der Waals surface area contributed by atoms with Crippen LogP contribution in [-0.2, 0) is 22.6 Å². The monoisotopic (exact) mass is 336 g/mol. The zero-order valence-electron chi connectivity index (χ0n) is 14.0. The summed E-state index contributed by atoms with van der Waals surface area (Å²) < 4.78 is 22.2. The molecule has 0 radical (unpaired) electrons. The van der Waals surface area contributed by atoms with Crippen LogP contribution in [0.3, 0.4) is 0 Å². The van der Waals surface area contributed by atoms with Crippen LogP contribution in [0.15, 0.2) is 12.4 Å². The number of hydrogen-bond acceptors (Lipinski definition) is 4. The Morgan fingerprint density at radius 1 is 1.33 bits per heavy atom. The van der Waals surface area contributed by atoms with Gasteiger partial charge in [0.05, 0.1) is 19.8 Å². The first-order valence-electron chi connectivity index (χ1n) is 8.92. The van der Waals surface area contributed by atoms with Gasteiger partial charge < -0.3 is 14.2 Å². The SMILES string of the molecule is O=C(N1Cc2nccn2CC(CN2CCOCC2)C1)C1(F)CCC1. The van der Waals surface area contributed by atoms with Crippen molar-refractivity contribution in [3.8, 4) is 0 Å². The summed E-state index contributed by atoms with van der Waals surface area (Å²) in [5.74, 6) is 0.805. The highest BCUT2D eigenvalue weighted by Gasteiger charge is 2.47. The van der Waals surface area contributed by atoms with E-state index in [0.29, 0.717) is 25.9 Å². The molecule has 1 saturated carbocycles. The van der Waals surface area contributed by atoms with Gasteiger partial charge in [-0.05, 0) is 19.3 Å². The topological polar surface area (TPSA) is 50.6 Å². The quantitative estimate of drug-likeness (QED) is 0.828. The largest absolute Gasteiger partial charge is 0.379 e. The average molecular weight is 336 g/mol. The van der Waals surface area contributed by atoms with E-state index in [-0.39, 0.29) is 11.8 Å². The van der Waals surface area contributed by atoms with Crippen molar-refractivity contribution in [2.75, 3.05) is 39.4 Å². The van der Waals surface area contributed by atoms with Gasteiger partial charge in [-0.1, -0.05) is 0 Å². The van der Waals surface area contributed by atoms with Gasteiger partial charge in [0.15, 0.2) is 5.67 Å². The van der Waals surface area contributed by atoms with Gasteiger partial charge in [-0.2, -0.15) is 0 Å². The number of hydrogen-bond donors (Lipinski definition) is 0. The number of morpholine rings is 1. The molecule has 1 aromatic heterocycles. The number of alkyl halides is 1. The highest BCUT2D eigenvalue weighted by atomic mass is 19.1. The summed E-state index contributed by atoms with van der Waals surface area (Å²) in [4.78, 5) is 21.2. The highest BCUT2D eigenvalue weighted by molar-refractivity contribution is 5.86. The summed E-state index contributed by atoms with van der Waals surface area (Å²) in [6, 6.07) is 0. The van der Waals surface area contributed by atoms with Crippen LogP contribution in [0.25, 0.3) is 0 Å². The fourth-order valence-electron chi connectivity index (χ4n) is 3.94. The molecule has 1 unspecified atom stereocenters. The molecule has 1 saturated heterocycles. The first-order chi connectivity index (χ1) is 11.6. The van der Waals surface area contributed by atoms with Crippen LogP contribution >= 0.6 is 0 Å². The molecule has 1 amide bonds. The summed E-state index contributed by atoms with van der Waals surface area (Å²) in [7, 11) is 0. The van der Waals surface area contributed by atoms with Gasteiger partial charge in [-0.3, -0.25) is 9.69 Å². The number of rotatable bonds is 3. The van der Waals surface area contributed by atoms with E-state index in [4.69, 9.17) is 4.74 Å². The van der Waals surface area contributed by atoms with Crippen molar-refractivity contribution in [3.05, 3.63) is 18.2 Å². The molecule has 1 aliphatic carbocycles. The van der Waals surface area contributed by atoms with Crippen molar-refractivity contribution in [2.45, 2.75) is 38.0 Å². The van der Waals surface area contributed by atoms with E-state index in [2.05, 4.69) is 14.5 Å². The Bertz CT molecular complexity index is 595. The number of fused-ring (bicyclic) bond motifs is 1. The van der Waals surface area contributed by atoms with Crippen LogP contribution < -0.4 is 0 Å². The third kappa shape index (κ3) is 3.07. The Morgan fingerprint density at radius 2 is 2.12 bits per heavy atom.